The van der Waals surface area contributed by atoms with Crippen molar-refractivity contribution in [2.24, 2.45) is 0 Å². The molecule has 7 nitrogen and oxygen atoms in total. The number of aromatic nitrogens is 1. The van der Waals surface area contributed by atoms with Crippen LogP contribution in [0.2, 0.25) is 15.1 Å². The first kappa shape index (κ1) is 28.6. The van der Waals surface area contributed by atoms with Crippen molar-refractivity contribution in [3.63, 3.8) is 0 Å². The van der Waals surface area contributed by atoms with Gasteiger partial charge in [-0.3, -0.25) is 9.59 Å². The Hall–Kier alpha value is -2.43. The summed E-state index contributed by atoms with van der Waals surface area (Å²) in [6.45, 7) is 3.32. The molecule has 1 aromatic heterocycles. The van der Waals surface area contributed by atoms with Crippen molar-refractivity contribution >= 4 is 58.1 Å². The van der Waals surface area contributed by atoms with E-state index in [-0.39, 0.29) is 34.7 Å². The highest BCUT2D eigenvalue weighted by atomic mass is 35.5. The van der Waals surface area contributed by atoms with Crippen LogP contribution in [0.1, 0.15) is 46.0 Å². The summed E-state index contributed by atoms with van der Waals surface area (Å²) >= 11 is 18.6. The van der Waals surface area contributed by atoms with Gasteiger partial charge in [0.05, 0.1) is 21.9 Å². The number of nitrogens with one attached hydrogen (secondary N) is 2. The zero-order valence-electron chi connectivity index (χ0n) is 20.5. The van der Waals surface area contributed by atoms with Gasteiger partial charge in [-0.25, -0.2) is 4.98 Å². The van der Waals surface area contributed by atoms with Crippen LogP contribution in [0.3, 0.4) is 0 Å². The van der Waals surface area contributed by atoms with E-state index in [9.17, 15) is 22.8 Å². The summed E-state index contributed by atoms with van der Waals surface area (Å²) in [5.41, 5.74) is -1.10. The molecule has 2 bridgehead atoms. The number of pyridine rings is 1. The maximum Gasteiger partial charge on any atom is 0.397 e. The first-order valence-corrected chi connectivity index (χ1v) is 13.1. The molecule has 0 aliphatic carbocycles. The van der Waals surface area contributed by atoms with Crippen LogP contribution in [0.5, 0.6) is 5.75 Å². The van der Waals surface area contributed by atoms with Gasteiger partial charge >= 0.3 is 6.18 Å². The van der Waals surface area contributed by atoms with Crippen LogP contribution < -0.4 is 20.3 Å². The van der Waals surface area contributed by atoms with Gasteiger partial charge in [0.2, 0.25) is 5.91 Å². The van der Waals surface area contributed by atoms with E-state index in [4.69, 9.17) is 39.5 Å². The molecule has 3 atom stereocenters. The predicted octanol–water partition coefficient (Wildman–Crippen LogP) is 6.41. The molecule has 2 saturated heterocycles. The van der Waals surface area contributed by atoms with E-state index in [1.807, 2.05) is 0 Å². The van der Waals surface area contributed by atoms with E-state index in [2.05, 4.69) is 20.5 Å². The Morgan fingerprint density at radius 3 is 2.32 bits per heavy atom. The molecule has 1 aromatic carbocycles. The lowest BCUT2D eigenvalue weighted by Crippen LogP contribution is -2.55. The number of piperidine rings is 1. The molecule has 0 spiro atoms. The lowest BCUT2D eigenvalue weighted by atomic mass is 9.96. The molecule has 0 radical (unpaired) electrons. The van der Waals surface area contributed by atoms with Crippen LogP contribution in [0.4, 0.5) is 24.7 Å². The maximum atomic E-state index is 13.1. The molecular weight excluding hydrogens is 568 g/mol. The number of alkyl halides is 3. The third-order valence-corrected chi connectivity index (χ3v) is 7.39. The van der Waals surface area contributed by atoms with Crippen molar-refractivity contribution in [1.82, 2.24) is 10.3 Å². The van der Waals surface area contributed by atoms with Crippen LogP contribution in [0.25, 0.3) is 0 Å². The summed E-state index contributed by atoms with van der Waals surface area (Å²) in [7, 11) is 0. The molecule has 2 N–H and O–H groups in total. The highest BCUT2D eigenvalue weighted by molar-refractivity contribution is 6.35. The summed E-state index contributed by atoms with van der Waals surface area (Å²) < 4.78 is 43.2. The number of hydrogen-bond donors (Lipinski definition) is 2. The number of carbonyl (C=O) groups is 2. The Kier molecular flexibility index (Phi) is 8.26. The van der Waals surface area contributed by atoms with E-state index in [0.29, 0.717) is 34.5 Å². The summed E-state index contributed by atoms with van der Waals surface area (Å²) in [4.78, 5) is 31.2. The normalized spacial score (nSPS) is 21.3. The van der Waals surface area contributed by atoms with Gasteiger partial charge < -0.3 is 20.3 Å². The Labute approximate surface area is 233 Å². The minimum absolute atomic E-state index is 0.0597. The number of hydrogen-bond acceptors (Lipinski definition) is 5. The highest BCUT2D eigenvalue weighted by Crippen LogP contribution is 2.42. The monoisotopic (exact) mass is 592 g/mol. The van der Waals surface area contributed by atoms with Gasteiger partial charge in [-0.2, -0.15) is 13.2 Å². The van der Waals surface area contributed by atoms with Crippen LogP contribution in [0.15, 0.2) is 30.5 Å². The fraction of sp³-hybridized carbons (Fsp3) is 0.480. The topological polar surface area (TPSA) is 83.6 Å². The number of fused-ring (bicyclic) bond motifs is 2. The third kappa shape index (κ3) is 6.76. The average Bonchev–Trinajstić information content (AvgIpc) is 3.04. The zero-order valence-corrected chi connectivity index (χ0v) is 22.8. The molecule has 3 heterocycles. The van der Waals surface area contributed by atoms with E-state index in [1.54, 1.807) is 32.0 Å². The number of halogens is 6. The summed E-state index contributed by atoms with van der Waals surface area (Å²) in [5, 5.41) is 6.26. The number of amides is 2. The van der Waals surface area contributed by atoms with Crippen molar-refractivity contribution in [2.75, 3.05) is 10.2 Å². The van der Waals surface area contributed by atoms with Gasteiger partial charge in [-0.05, 0) is 63.8 Å². The smallest absolute Gasteiger partial charge is 0.397 e. The Morgan fingerprint density at radius 2 is 1.74 bits per heavy atom. The van der Waals surface area contributed by atoms with Gasteiger partial charge in [-0.1, -0.05) is 34.8 Å². The fourth-order valence-corrected chi connectivity index (χ4v) is 5.67. The number of nitrogens with zero attached hydrogens (tertiary/aromatic N) is 2. The van der Waals surface area contributed by atoms with Crippen LogP contribution >= 0.6 is 34.8 Å². The number of anilines is 2. The lowest BCUT2D eigenvalue weighted by molar-refractivity contribution is -0.150. The third-order valence-electron chi connectivity index (χ3n) is 6.59. The van der Waals surface area contributed by atoms with Gasteiger partial charge in [0, 0.05) is 23.1 Å². The van der Waals surface area contributed by atoms with E-state index >= 15 is 0 Å². The molecule has 0 unspecified atom stereocenters. The zero-order chi connectivity index (χ0) is 27.8. The second-order valence-corrected chi connectivity index (χ2v) is 11.2. The number of ether oxygens (including phenoxy) is 1. The molecule has 13 heteroatoms. The molecule has 0 saturated carbocycles. The molecule has 2 fully saturated rings. The molecule has 206 valence electrons. The Bertz CT molecular complexity index is 1210. The molecular formula is C25H26Cl3F3N4O3. The second kappa shape index (κ2) is 11.0. The van der Waals surface area contributed by atoms with E-state index in [1.165, 1.54) is 12.3 Å². The quantitative estimate of drug-likeness (QED) is 0.388. The van der Waals surface area contributed by atoms with Crippen LogP contribution in [-0.2, 0) is 9.59 Å². The number of rotatable bonds is 7. The molecule has 2 amide bonds. The molecule has 2 aliphatic rings. The Balaban J connectivity index is 1.38. The SMILES string of the molecule is CC(C)(Oc1ccc(Cl)cc1Cl)C(=O)N[C@H]1C[C@H]2CC[C@@H](C1)N2c1ncc(NC(=O)CC(F)(F)F)cc1Cl. The molecule has 38 heavy (non-hydrogen) atoms. The van der Waals surface area contributed by atoms with Crippen LogP contribution in [-0.4, -0.2) is 46.7 Å². The molecule has 2 aliphatic heterocycles. The van der Waals surface area contributed by atoms with Crippen molar-refractivity contribution in [3.8, 4) is 5.75 Å². The van der Waals surface area contributed by atoms with Crippen molar-refractivity contribution in [2.45, 2.75) is 75.9 Å². The fourth-order valence-electron chi connectivity index (χ4n) is 4.96. The standard InChI is InChI=1S/C25H26Cl3F3N4O3/c1-24(2,38-20-6-3-13(26)7-18(20)27)23(37)34-14-8-16-4-5-17(9-14)35(16)22-19(28)10-15(12-32-22)33-21(36)11-25(29,30)31/h3,6-7,10,12,14,16-17H,4-5,8-9,11H2,1-2H3,(H,33,36)(H,34,37)/t14-,16+,17-. The lowest BCUT2D eigenvalue weighted by Gasteiger charge is -2.41. The first-order valence-electron chi connectivity index (χ1n) is 12.0. The van der Waals surface area contributed by atoms with Crippen molar-refractivity contribution in [1.29, 1.82) is 0 Å². The van der Waals surface area contributed by atoms with Gasteiger partial charge in [0.25, 0.3) is 5.91 Å². The number of benzene rings is 1. The maximum absolute atomic E-state index is 13.1. The van der Waals surface area contributed by atoms with E-state index in [0.717, 1.165) is 12.8 Å². The van der Waals surface area contributed by atoms with Crippen molar-refractivity contribution in [3.05, 3.63) is 45.5 Å². The largest absolute Gasteiger partial charge is 0.476 e. The first-order chi connectivity index (χ1) is 17.7. The average molecular weight is 594 g/mol. The Morgan fingerprint density at radius 1 is 1.08 bits per heavy atom. The second-order valence-electron chi connectivity index (χ2n) is 9.99. The summed E-state index contributed by atoms with van der Waals surface area (Å²) in [6.07, 6.45) is -1.84. The molecule has 4 rings (SSSR count). The van der Waals surface area contributed by atoms with Crippen LogP contribution in [0, 0.1) is 0 Å². The molecule has 2 aromatic rings. The van der Waals surface area contributed by atoms with Gasteiger partial charge in [0.1, 0.15) is 18.0 Å². The predicted molar refractivity (Wildman–Crippen MR) is 140 cm³/mol. The minimum Gasteiger partial charge on any atom is -0.476 e. The van der Waals surface area contributed by atoms with Crippen molar-refractivity contribution < 1.29 is 27.5 Å². The van der Waals surface area contributed by atoms with Gasteiger partial charge in [-0.15, -0.1) is 0 Å². The minimum atomic E-state index is -4.61. The van der Waals surface area contributed by atoms with Gasteiger partial charge in [0.15, 0.2) is 5.60 Å². The highest BCUT2D eigenvalue weighted by Gasteiger charge is 2.44. The summed E-state index contributed by atoms with van der Waals surface area (Å²) in [6, 6.07) is 6.21. The number of carbonyl (C=O) groups excluding carboxylic acids is 2. The summed E-state index contributed by atoms with van der Waals surface area (Å²) in [5.74, 6) is -0.620. The van der Waals surface area contributed by atoms with E-state index < -0.39 is 24.1 Å².